The van der Waals surface area contributed by atoms with E-state index in [-0.39, 0.29) is 0 Å². The number of rotatable bonds is 0. The third-order valence-corrected chi connectivity index (χ3v) is 3.13. The summed E-state index contributed by atoms with van der Waals surface area (Å²) in [6.07, 6.45) is 26.1. The lowest BCUT2D eigenvalue weighted by Gasteiger charge is -2.10. The molecule has 3 rings (SSSR count). The number of allylic oxidation sites excluding steroid dienone is 14. The minimum Gasteiger partial charge on any atom is -0.0620 e. The number of hydrogen-bond acceptors (Lipinski definition) is 0. The van der Waals surface area contributed by atoms with Crippen molar-refractivity contribution in [2.24, 2.45) is 0 Å². The largest absolute Gasteiger partial charge is 0.0620 e. The summed E-state index contributed by atoms with van der Waals surface area (Å²) in [5, 5.41) is 0. The standard InChI is InChI=1S/C17H15/c1-2-6-14-10-15(7-3-1)12-17-9-5-4-8-16(11-14)13-17/h1-9,11-12H,10,13H2/q+1. The molecule has 3 aliphatic carbocycles. The van der Waals surface area contributed by atoms with Crippen molar-refractivity contribution in [3.63, 3.8) is 0 Å². The van der Waals surface area contributed by atoms with Crippen LogP contribution in [0.5, 0.6) is 0 Å². The number of fused-ring (bicyclic) bond motifs is 4. The van der Waals surface area contributed by atoms with E-state index in [2.05, 4.69) is 67.2 Å². The first-order chi connectivity index (χ1) is 8.40. The molecule has 0 fully saturated rings. The van der Waals surface area contributed by atoms with E-state index in [1.54, 1.807) is 0 Å². The van der Waals surface area contributed by atoms with Gasteiger partial charge in [0.15, 0.2) is 0 Å². The Kier molecular flexibility index (Phi) is 2.71. The van der Waals surface area contributed by atoms with Gasteiger partial charge in [0, 0.05) is 42.7 Å². The Morgan fingerprint density at radius 1 is 0.765 bits per heavy atom. The topological polar surface area (TPSA) is 0 Å². The Bertz CT molecular complexity index is 528. The molecule has 17 heavy (non-hydrogen) atoms. The van der Waals surface area contributed by atoms with Gasteiger partial charge in [-0.1, -0.05) is 30.4 Å². The lowest BCUT2D eigenvalue weighted by atomic mass is 9.92. The third kappa shape index (κ3) is 2.42. The Balaban J connectivity index is 2.12. The Morgan fingerprint density at radius 3 is 2.29 bits per heavy atom. The van der Waals surface area contributed by atoms with E-state index >= 15 is 0 Å². The van der Waals surface area contributed by atoms with Gasteiger partial charge in [-0.2, -0.15) is 0 Å². The van der Waals surface area contributed by atoms with Gasteiger partial charge >= 0.3 is 0 Å². The quantitative estimate of drug-likeness (QED) is 0.530. The first-order valence-electron chi connectivity index (χ1n) is 6.06. The van der Waals surface area contributed by atoms with Crippen LogP contribution in [0.1, 0.15) is 12.8 Å². The van der Waals surface area contributed by atoms with Crippen LogP contribution in [0.3, 0.4) is 0 Å². The van der Waals surface area contributed by atoms with E-state index in [4.69, 9.17) is 0 Å². The van der Waals surface area contributed by atoms with Crippen molar-refractivity contribution in [3.05, 3.63) is 89.5 Å². The van der Waals surface area contributed by atoms with Gasteiger partial charge in [0.2, 0.25) is 0 Å². The highest BCUT2D eigenvalue weighted by Crippen LogP contribution is 2.28. The zero-order valence-electron chi connectivity index (χ0n) is 9.77. The van der Waals surface area contributed by atoms with E-state index in [1.165, 1.54) is 22.3 Å². The molecule has 0 aromatic heterocycles. The number of hydrogen-bond donors (Lipinski definition) is 0. The second-order valence-corrected chi connectivity index (χ2v) is 4.57. The molecule has 0 spiro atoms. The molecule has 0 heteroatoms. The molecule has 0 radical (unpaired) electrons. The molecule has 3 aliphatic rings. The summed E-state index contributed by atoms with van der Waals surface area (Å²) in [7, 11) is 0. The van der Waals surface area contributed by atoms with Crippen molar-refractivity contribution in [3.8, 4) is 0 Å². The summed E-state index contributed by atoms with van der Waals surface area (Å²) in [5.41, 5.74) is 5.56. The molecule has 0 N–H and O–H groups in total. The van der Waals surface area contributed by atoms with Gasteiger partial charge in [0.25, 0.3) is 0 Å². The highest BCUT2D eigenvalue weighted by atomic mass is 14.1. The average Bonchev–Trinajstić information content (AvgIpc) is 2.48. The Labute approximate surface area is 103 Å². The lowest BCUT2D eigenvalue weighted by Crippen LogP contribution is -1.94. The minimum atomic E-state index is 1.02. The van der Waals surface area contributed by atoms with E-state index in [9.17, 15) is 0 Å². The van der Waals surface area contributed by atoms with Crippen LogP contribution < -0.4 is 0 Å². The van der Waals surface area contributed by atoms with Crippen LogP contribution in [-0.2, 0) is 0 Å². The molecule has 0 amide bonds. The van der Waals surface area contributed by atoms with Gasteiger partial charge < -0.3 is 0 Å². The lowest BCUT2D eigenvalue weighted by molar-refractivity contribution is 1.11. The van der Waals surface area contributed by atoms with E-state index in [0.717, 1.165) is 12.8 Å². The Morgan fingerprint density at radius 2 is 1.47 bits per heavy atom. The maximum absolute atomic E-state index is 2.32. The monoisotopic (exact) mass is 219 g/mol. The highest BCUT2D eigenvalue weighted by Gasteiger charge is 2.12. The SMILES string of the molecule is C1=C[CH+]C=C2C=C3C=CC=CC(=CC(=C1)C2)C3. The van der Waals surface area contributed by atoms with Gasteiger partial charge in [0.05, 0.1) is 0 Å². The van der Waals surface area contributed by atoms with E-state index in [0.29, 0.717) is 0 Å². The molecule has 0 unspecified atom stereocenters. The summed E-state index contributed by atoms with van der Waals surface area (Å²) in [4.78, 5) is 0. The van der Waals surface area contributed by atoms with Crippen LogP contribution in [0.15, 0.2) is 83.1 Å². The predicted molar refractivity (Wildman–Crippen MR) is 73.3 cm³/mol. The molecule has 0 aromatic rings. The van der Waals surface area contributed by atoms with Crippen molar-refractivity contribution in [1.29, 1.82) is 0 Å². The fourth-order valence-corrected chi connectivity index (χ4v) is 2.36. The molecular formula is C17H15+. The van der Waals surface area contributed by atoms with Gasteiger partial charge in [0.1, 0.15) is 0 Å². The fraction of sp³-hybridized carbons (Fsp3) is 0.118. The van der Waals surface area contributed by atoms with Crippen molar-refractivity contribution in [1.82, 2.24) is 0 Å². The Hall–Kier alpha value is -1.95. The molecule has 0 saturated heterocycles. The minimum absolute atomic E-state index is 1.02. The average molecular weight is 219 g/mol. The summed E-state index contributed by atoms with van der Waals surface area (Å²) < 4.78 is 0. The summed E-state index contributed by atoms with van der Waals surface area (Å²) >= 11 is 0. The van der Waals surface area contributed by atoms with Crippen LogP contribution in [0, 0.1) is 6.42 Å². The molecular weight excluding hydrogens is 204 g/mol. The van der Waals surface area contributed by atoms with Crippen LogP contribution in [0.2, 0.25) is 0 Å². The van der Waals surface area contributed by atoms with Gasteiger partial charge in [-0.15, -0.1) is 0 Å². The first kappa shape index (κ1) is 10.2. The van der Waals surface area contributed by atoms with Gasteiger partial charge in [-0.3, -0.25) is 0 Å². The van der Waals surface area contributed by atoms with E-state index < -0.39 is 0 Å². The zero-order valence-corrected chi connectivity index (χ0v) is 9.77. The summed E-state index contributed by atoms with van der Waals surface area (Å²) in [5.74, 6) is 0. The van der Waals surface area contributed by atoms with Crippen molar-refractivity contribution in [2.75, 3.05) is 0 Å². The van der Waals surface area contributed by atoms with E-state index in [1.807, 2.05) is 0 Å². The molecule has 0 atom stereocenters. The molecule has 0 heterocycles. The molecule has 0 aromatic carbocycles. The molecule has 0 saturated carbocycles. The summed E-state index contributed by atoms with van der Waals surface area (Å²) in [6.45, 7) is 0. The molecule has 0 aliphatic heterocycles. The van der Waals surface area contributed by atoms with Crippen molar-refractivity contribution >= 4 is 0 Å². The van der Waals surface area contributed by atoms with Crippen LogP contribution >= 0.6 is 0 Å². The zero-order chi connectivity index (χ0) is 11.5. The van der Waals surface area contributed by atoms with Crippen molar-refractivity contribution in [2.45, 2.75) is 12.8 Å². The third-order valence-electron chi connectivity index (χ3n) is 3.13. The molecule has 0 nitrogen and oxygen atoms in total. The maximum Gasteiger partial charge on any atom is 0.0500 e. The van der Waals surface area contributed by atoms with Crippen LogP contribution in [-0.4, -0.2) is 0 Å². The van der Waals surface area contributed by atoms with Crippen molar-refractivity contribution < 1.29 is 0 Å². The fourth-order valence-electron chi connectivity index (χ4n) is 2.36. The highest BCUT2D eigenvalue weighted by molar-refractivity contribution is 5.49. The van der Waals surface area contributed by atoms with Crippen LogP contribution in [0.4, 0.5) is 0 Å². The predicted octanol–water partition coefficient (Wildman–Crippen LogP) is 4.39. The normalized spacial score (nSPS) is 21.6. The molecule has 4 bridgehead atoms. The van der Waals surface area contributed by atoms with Gasteiger partial charge in [-0.25, -0.2) is 0 Å². The molecule has 82 valence electrons. The summed E-state index contributed by atoms with van der Waals surface area (Å²) in [6, 6.07) is 0. The van der Waals surface area contributed by atoms with Gasteiger partial charge in [-0.05, 0) is 29.2 Å². The smallest absolute Gasteiger partial charge is 0.0500 e. The maximum atomic E-state index is 2.32. The first-order valence-corrected chi connectivity index (χ1v) is 6.06. The van der Waals surface area contributed by atoms with Crippen LogP contribution in [0.25, 0.3) is 0 Å². The second kappa shape index (κ2) is 4.50. The second-order valence-electron chi connectivity index (χ2n) is 4.57.